The van der Waals surface area contributed by atoms with E-state index in [1.165, 1.54) is 0 Å². The van der Waals surface area contributed by atoms with Crippen molar-refractivity contribution >= 4 is 23.1 Å². The SMILES string of the molecule is Cc1cc([BH-](c2c(F)c(F)c(F)c(F)c2F)c2c(F)c(F)c(F)c(F)c2F)cc(C(F)(F)F)c1. The molecule has 3 aromatic rings. The van der Waals surface area contributed by atoms with Crippen LogP contribution >= 0.6 is 0 Å². The van der Waals surface area contributed by atoms with Gasteiger partial charge in [-0.3, -0.25) is 0 Å². The fraction of sp³-hybridized carbons (Fsp3) is 0.100. The van der Waals surface area contributed by atoms with Crippen LogP contribution in [-0.4, -0.2) is 6.71 Å². The van der Waals surface area contributed by atoms with E-state index >= 15 is 0 Å². The van der Waals surface area contributed by atoms with E-state index in [0.717, 1.165) is 6.92 Å². The van der Waals surface area contributed by atoms with Crippen LogP contribution in [0, 0.1) is 65.1 Å². The molecule has 34 heavy (non-hydrogen) atoms. The summed E-state index contributed by atoms with van der Waals surface area (Å²) in [6, 6.07) is 1.16. The minimum Gasteiger partial charge on any atom is -0.207 e. The maximum atomic E-state index is 14.6. The Hall–Kier alpha value is -3.19. The van der Waals surface area contributed by atoms with Crippen molar-refractivity contribution in [3.63, 3.8) is 0 Å². The Balaban J connectivity index is 2.57. The third-order valence-electron chi connectivity index (χ3n) is 5.18. The Morgan fingerprint density at radius 3 is 1.15 bits per heavy atom. The summed E-state index contributed by atoms with van der Waals surface area (Å²) in [5, 5.41) is 0. The van der Waals surface area contributed by atoms with Crippen LogP contribution in [0.5, 0.6) is 0 Å². The van der Waals surface area contributed by atoms with Crippen LogP contribution in [0.3, 0.4) is 0 Å². The molecule has 0 aromatic heterocycles. The topological polar surface area (TPSA) is 0 Å². The molecule has 0 bridgehead atoms. The van der Waals surface area contributed by atoms with Crippen LogP contribution in [0.2, 0.25) is 0 Å². The molecule has 0 saturated carbocycles. The maximum absolute atomic E-state index is 14.6. The van der Waals surface area contributed by atoms with Gasteiger partial charge in [0.05, 0.1) is 12.3 Å². The molecule has 0 aliphatic rings. The molecule has 0 spiro atoms. The standard InChI is InChI=1S/C20H7BF13/c1-5-2-6(20(32,33)34)4-7(3-5)21(8-10(22)14(26)18(30)15(27)11(8)23)9-12(24)16(28)19(31)17(29)13(9)25/h2-4,21H,1H3/q-1. The van der Waals surface area contributed by atoms with Gasteiger partial charge in [0.2, 0.25) is 0 Å². The molecule has 0 nitrogen and oxygen atoms in total. The predicted molar refractivity (Wildman–Crippen MR) is 94.7 cm³/mol. The lowest BCUT2D eigenvalue weighted by Gasteiger charge is -2.30. The van der Waals surface area contributed by atoms with Crippen LogP contribution in [0.15, 0.2) is 18.2 Å². The molecule has 0 aliphatic heterocycles. The molecule has 182 valence electrons. The number of halogens is 13. The lowest BCUT2D eigenvalue weighted by atomic mass is 9.36. The summed E-state index contributed by atoms with van der Waals surface area (Å²) in [5.41, 5.74) is -7.11. The van der Waals surface area contributed by atoms with Crippen molar-refractivity contribution in [3.05, 3.63) is 87.5 Å². The van der Waals surface area contributed by atoms with Crippen LogP contribution in [0.25, 0.3) is 0 Å². The summed E-state index contributed by atoms with van der Waals surface area (Å²) in [7, 11) is 0. The van der Waals surface area contributed by atoms with E-state index in [-0.39, 0.29) is 11.6 Å². The van der Waals surface area contributed by atoms with Gasteiger partial charge >= 0.3 is 6.18 Å². The molecule has 0 amide bonds. The zero-order valence-electron chi connectivity index (χ0n) is 16.4. The first-order chi connectivity index (χ1) is 15.6. The number of aryl methyl sites for hydroxylation is 1. The van der Waals surface area contributed by atoms with Crippen molar-refractivity contribution in [1.29, 1.82) is 0 Å². The third-order valence-corrected chi connectivity index (χ3v) is 5.18. The molecule has 0 unspecified atom stereocenters. The zero-order valence-corrected chi connectivity index (χ0v) is 16.4. The van der Waals surface area contributed by atoms with Gasteiger partial charge in [0.1, 0.15) is 23.3 Å². The van der Waals surface area contributed by atoms with E-state index in [0.29, 0.717) is 12.1 Å². The predicted octanol–water partition coefficient (Wildman–Crippen LogP) is 4.65. The monoisotopic (exact) mass is 505 g/mol. The highest BCUT2D eigenvalue weighted by atomic mass is 19.4. The maximum Gasteiger partial charge on any atom is 0.416 e. The second-order valence-electron chi connectivity index (χ2n) is 7.33. The second kappa shape index (κ2) is 8.55. The van der Waals surface area contributed by atoms with Crippen LogP contribution < -0.4 is 16.4 Å². The summed E-state index contributed by atoms with van der Waals surface area (Å²) in [4.78, 5) is 0. The minimum atomic E-state index is -5.17. The highest BCUT2D eigenvalue weighted by Gasteiger charge is 2.35. The van der Waals surface area contributed by atoms with E-state index in [1.54, 1.807) is 0 Å². The molecule has 0 N–H and O–H groups in total. The van der Waals surface area contributed by atoms with Gasteiger partial charge in [-0.05, 0) is 13.0 Å². The zero-order chi connectivity index (χ0) is 25.9. The minimum absolute atomic E-state index is 0.0586. The molecule has 0 aliphatic carbocycles. The van der Waals surface area contributed by atoms with E-state index in [2.05, 4.69) is 0 Å². The highest BCUT2D eigenvalue weighted by Crippen LogP contribution is 2.29. The fourth-order valence-electron chi connectivity index (χ4n) is 3.74. The van der Waals surface area contributed by atoms with Crippen molar-refractivity contribution < 1.29 is 57.1 Å². The largest absolute Gasteiger partial charge is 0.416 e. The Labute approximate surface area is 181 Å². The normalized spacial score (nSPS) is 12.1. The van der Waals surface area contributed by atoms with Gasteiger partial charge in [-0.2, -0.15) is 13.2 Å². The molecule has 0 heterocycles. The molecular formula is C20H7BF13-. The molecular weight excluding hydrogens is 498 g/mol. The van der Waals surface area contributed by atoms with Crippen molar-refractivity contribution in [1.82, 2.24) is 0 Å². The summed E-state index contributed by atoms with van der Waals surface area (Å²) in [6.45, 7) is -3.28. The molecule has 3 aromatic carbocycles. The van der Waals surface area contributed by atoms with Gasteiger partial charge in [-0.15, -0.1) is 10.9 Å². The molecule has 14 heteroatoms. The highest BCUT2D eigenvalue weighted by molar-refractivity contribution is 6.95. The second-order valence-corrected chi connectivity index (χ2v) is 7.33. The van der Waals surface area contributed by atoms with Crippen molar-refractivity contribution in [2.75, 3.05) is 0 Å². The van der Waals surface area contributed by atoms with E-state index in [1.807, 2.05) is 0 Å². The molecule has 0 fully saturated rings. The van der Waals surface area contributed by atoms with E-state index in [4.69, 9.17) is 0 Å². The van der Waals surface area contributed by atoms with Gasteiger partial charge in [0, 0.05) is 0 Å². The smallest absolute Gasteiger partial charge is 0.207 e. The quantitative estimate of drug-likeness (QED) is 0.211. The first-order valence-corrected chi connectivity index (χ1v) is 9.00. The van der Waals surface area contributed by atoms with Crippen LogP contribution in [-0.2, 0) is 6.18 Å². The fourth-order valence-corrected chi connectivity index (χ4v) is 3.74. The summed E-state index contributed by atoms with van der Waals surface area (Å²) in [5.74, 6) is -26.8. The summed E-state index contributed by atoms with van der Waals surface area (Å²) >= 11 is 0. The van der Waals surface area contributed by atoms with Crippen molar-refractivity contribution in [2.45, 2.75) is 13.1 Å². The van der Waals surface area contributed by atoms with Gasteiger partial charge in [0.15, 0.2) is 34.9 Å². The summed E-state index contributed by atoms with van der Waals surface area (Å²) in [6.07, 6.45) is -5.17. The first-order valence-electron chi connectivity index (χ1n) is 9.00. The van der Waals surface area contributed by atoms with Gasteiger partial charge in [-0.25, -0.2) is 49.4 Å². The number of benzene rings is 3. The molecule has 3 rings (SSSR count). The molecule has 0 atom stereocenters. The number of rotatable bonds is 3. The molecule has 0 saturated heterocycles. The lowest BCUT2D eigenvalue weighted by Crippen LogP contribution is -2.58. The number of hydrogen-bond acceptors (Lipinski definition) is 0. The number of hydrogen-bond donors (Lipinski definition) is 0. The Morgan fingerprint density at radius 1 is 0.500 bits per heavy atom. The Bertz CT molecular complexity index is 1190. The van der Waals surface area contributed by atoms with Gasteiger partial charge < -0.3 is 0 Å². The lowest BCUT2D eigenvalue weighted by molar-refractivity contribution is -0.137. The average molecular weight is 505 g/mol. The van der Waals surface area contributed by atoms with Crippen LogP contribution in [0.1, 0.15) is 11.1 Å². The van der Waals surface area contributed by atoms with Crippen molar-refractivity contribution in [3.8, 4) is 0 Å². The van der Waals surface area contributed by atoms with E-state index in [9.17, 15) is 57.1 Å². The van der Waals surface area contributed by atoms with E-state index < -0.39 is 93.0 Å². The summed E-state index contributed by atoms with van der Waals surface area (Å²) < 4.78 is 180. The average Bonchev–Trinajstić information content (AvgIpc) is 2.77. The molecule has 0 radical (unpaired) electrons. The van der Waals surface area contributed by atoms with Gasteiger partial charge in [0.25, 0.3) is 0 Å². The van der Waals surface area contributed by atoms with Crippen molar-refractivity contribution in [2.24, 2.45) is 0 Å². The number of alkyl halides is 3. The Morgan fingerprint density at radius 2 is 0.824 bits per heavy atom. The van der Waals surface area contributed by atoms with Gasteiger partial charge in [-0.1, -0.05) is 17.7 Å². The third kappa shape index (κ3) is 3.98. The Kier molecular flexibility index (Phi) is 6.40. The van der Waals surface area contributed by atoms with Crippen LogP contribution in [0.4, 0.5) is 57.1 Å². The first kappa shape index (κ1) is 25.4.